The Morgan fingerprint density at radius 3 is 3.00 bits per heavy atom. The van der Waals surface area contributed by atoms with Crippen LogP contribution in [0.15, 0.2) is 22.7 Å². The SMILES string of the molecule is COCCN1CCCC(N)C1c1ccc(Br)cc1[N+](=O)[O-]. The van der Waals surface area contributed by atoms with Crippen LogP contribution in [0.3, 0.4) is 0 Å². The van der Waals surface area contributed by atoms with Crippen molar-refractivity contribution in [1.82, 2.24) is 4.90 Å². The van der Waals surface area contributed by atoms with Crippen molar-refractivity contribution in [3.63, 3.8) is 0 Å². The van der Waals surface area contributed by atoms with Crippen molar-refractivity contribution in [3.8, 4) is 0 Å². The zero-order chi connectivity index (χ0) is 15.4. The number of rotatable bonds is 5. The second-order valence-electron chi connectivity index (χ2n) is 5.24. The third-order valence-corrected chi connectivity index (χ3v) is 4.37. The first-order valence-corrected chi connectivity index (χ1v) is 7.76. The van der Waals surface area contributed by atoms with Crippen molar-refractivity contribution in [3.05, 3.63) is 38.3 Å². The highest BCUT2D eigenvalue weighted by atomic mass is 79.9. The molecule has 1 aliphatic heterocycles. The molecular weight excluding hydrogens is 338 g/mol. The van der Waals surface area contributed by atoms with Crippen molar-refractivity contribution < 1.29 is 9.66 Å². The van der Waals surface area contributed by atoms with Gasteiger partial charge in [-0.25, -0.2) is 0 Å². The Bertz CT molecular complexity index is 512. The molecule has 0 amide bonds. The van der Waals surface area contributed by atoms with Gasteiger partial charge in [0.25, 0.3) is 5.69 Å². The van der Waals surface area contributed by atoms with E-state index in [9.17, 15) is 10.1 Å². The van der Waals surface area contributed by atoms with E-state index in [-0.39, 0.29) is 22.7 Å². The van der Waals surface area contributed by atoms with E-state index in [2.05, 4.69) is 20.8 Å². The van der Waals surface area contributed by atoms with Crippen LogP contribution in [0, 0.1) is 10.1 Å². The largest absolute Gasteiger partial charge is 0.383 e. The molecule has 0 radical (unpaired) electrons. The number of hydrogen-bond donors (Lipinski definition) is 1. The highest BCUT2D eigenvalue weighted by Gasteiger charge is 2.34. The second kappa shape index (κ2) is 7.31. The predicted molar refractivity (Wildman–Crippen MR) is 84.2 cm³/mol. The summed E-state index contributed by atoms with van der Waals surface area (Å²) in [5, 5.41) is 11.3. The maximum atomic E-state index is 11.3. The molecule has 0 aliphatic carbocycles. The lowest BCUT2D eigenvalue weighted by atomic mass is 9.90. The number of ether oxygens (including phenoxy) is 1. The molecule has 116 valence electrons. The normalized spacial score (nSPS) is 23.2. The van der Waals surface area contributed by atoms with Gasteiger partial charge in [-0.15, -0.1) is 0 Å². The molecule has 6 nitrogen and oxygen atoms in total. The minimum Gasteiger partial charge on any atom is -0.383 e. The molecule has 2 atom stereocenters. The maximum absolute atomic E-state index is 11.3. The van der Waals surface area contributed by atoms with Crippen LogP contribution in [-0.2, 0) is 4.74 Å². The maximum Gasteiger partial charge on any atom is 0.275 e. The molecular formula is C14H20BrN3O3. The quantitative estimate of drug-likeness (QED) is 0.646. The topological polar surface area (TPSA) is 81.6 Å². The van der Waals surface area contributed by atoms with E-state index in [1.165, 1.54) is 0 Å². The molecule has 2 rings (SSSR count). The van der Waals surface area contributed by atoms with Gasteiger partial charge < -0.3 is 10.5 Å². The molecule has 0 bridgehead atoms. The Hall–Kier alpha value is -1.02. The van der Waals surface area contributed by atoms with Gasteiger partial charge in [-0.05, 0) is 31.5 Å². The number of halogens is 1. The van der Waals surface area contributed by atoms with E-state index >= 15 is 0 Å². The highest BCUT2D eigenvalue weighted by Crippen LogP contribution is 2.36. The first kappa shape index (κ1) is 16.4. The number of piperidine rings is 1. The summed E-state index contributed by atoms with van der Waals surface area (Å²) in [4.78, 5) is 13.2. The van der Waals surface area contributed by atoms with Crippen molar-refractivity contribution in [1.29, 1.82) is 0 Å². The second-order valence-corrected chi connectivity index (χ2v) is 6.16. The average molecular weight is 358 g/mol. The molecule has 1 saturated heterocycles. The lowest BCUT2D eigenvalue weighted by Gasteiger charge is -2.39. The molecule has 0 aromatic heterocycles. The molecule has 2 unspecified atom stereocenters. The fourth-order valence-corrected chi connectivity index (χ4v) is 3.26. The van der Waals surface area contributed by atoms with Gasteiger partial charge >= 0.3 is 0 Å². The van der Waals surface area contributed by atoms with E-state index in [4.69, 9.17) is 10.5 Å². The number of benzene rings is 1. The number of nitro groups is 1. The van der Waals surface area contributed by atoms with Crippen molar-refractivity contribution >= 4 is 21.6 Å². The summed E-state index contributed by atoms with van der Waals surface area (Å²) in [6, 6.07) is 4.94. The standard InChI is InChI=1S/C14H20BrN3O3/c1-21-8-7-17-6-2-3-12(16)14(17)11-5-4-10(15)9-13(11)18(19)20/h4-5,9,12,14H,2-3,6-8,16H2,1H3. The molecule has 1 aromatic rings. The summed E-state index contributed by atoms with van der Waals surface area (Å²) >= 11 is 3.29. The average Bonchev–Trinajstić information content (AvgIpc) is 2.45. The Morgan fingerprint density at radius 1 is 1.57 bits per heavy atom. The molecule has 1 aromatic carbocycles. The van der Waals surface area contributed by atoms with Gasteiger partial charge in [-0.1, -0.05) is 15.9 Å². The smallest absolute Gasteiger partial charge is 0.275 e. The van der Waals surface area contributed by atoms with Crippen LogP contribution in [0.2, 0.25) is 0 Å². The van der Waals surface area contributed by atoms with Crippen molar-refractivity contribution in [2.75, 3.05) is 26.8 Å². The molecule has 0 saturated carbocycles. The van der Waals surface area contributed by atoms with Crippen LogP contribution >= 0.6 is 15.9 Å². The number of hydrogen-bond acceptors (Lipinski definition) is 5. The lowest BCUT2D eigenvalue weighted by Crippen LogP contribution is -2.47. The van der Waals surface area contributed by atoms with E-state index in [0.29, 0.717) is 16.6 Å². The van der Waals surface area contributed by atoms with Crippen molar-refractivity contribution in [2.45, 2.75) is 24.9 Å². The summed E-state index contributed by atoms with van der Waals surface area (Å²) in [6.45, 7) is 2.20. The summed E-state index contributed by atoms with van der Waals surface area (Å²) in [5.41, 5.74) is 7.07. The van der Waals surface area contributed by atoms with Gasteiger partial charge in [-0.2, -0.15) is 0 Å². The number of likely N-dealkylation sites (tertiary alicyclic amines) is 1. The molecule has 21 heavy (non-hydrogen) atoms. The lowest BCUT2D eigenvalue weighted by molar-refractivity contribution is -0.386. The Morgan fingerprint density at radius 2 is 2.33 bits per heavy atom. The van der Waals surface area contributed by atoms with Crippen LogP contribution in [0.4, 0.5) is 5.69 Å². The predicted octanol–water partition coefficient (Wildman–Crippen LogP) is 2.47. The molecule has 7 heteroatoms. The number of nitrogens with two attached hydrogens (primary N) is 1. The van der Waals surface area contributed by atoms with Crippen LogP contribution in [0.25, 0.3) is 0 Å². The van der Waals surface area contributed by atoms with E-state index in [1.54, 1.807) is 19.2 Å². The van der Waals surface area contributed by atoms with Gasteiger partial charge in [0.2, 0.25) is 0 Å². The van der Waals surface area contributed by atoms with E-state index in [1.807, 2.05) is 6.07 Å². The number of methoxy groups -OCH3 is 1. The van der Waals surface area contributed by atoms with Gasteiger partial charge in [0.15, 0.2) is 0 Å². The van der Waals surface area contributed by atoms with E-state index < -0.39 is 0 Å². The van der Waals surface area contributed by atoms with Crippen molar-refractivity contribution in [2.24, 2.45) is 5.73 Å². The fraction of sp³-hybridized carbons (Fsp3) is 0.571. The van der Waals surface area contributed by atoms with Crippen LogP contribution in [0.1, 0.15) is 24.4 Å². The summed E-state index contributed by atoms with van der Waals surface area (Å²) < 4.78 is 5.84. The summed E-state index contributed by atoms with van der Waals surface area (Å²) in [5.74, 6) is 0. The third kappa shape index (κ3) is 3.79. The Balaban J connectivity index is 2.37. The molecule has 0 spiro atoms. The minimum atomic E-state index is -0.337. The van der Waals surface area contributed by atoms with Gasteiger partial charge in [0.05, 0.1) is 17.6 Å². The Kier molecular flexibility index (Phi) is 5.69. The molecule has 1 fully saturated rings. The zero-order valence-corrected chi connectivity index (χ0v) is 13.6. The van der Waals surface area contributed by atoms with Crippen LogP contribution < -0.4 is 5.73 Å². The summed E-state index contributed by atoms with van der Waals surface area (Å²) in [6.07, 6.45) is 1.88. The minimum absolute atomic E-state index is 0.101. The first-order valence-electron chi connectivity index (χ1n) is 6.97. The fourth-order valence-electron chi connectivity index (χ4n) is 2.91. The van der Waals surface area contributed by atoms with Crippen LogP contribution in [0.5, 0.6) is 0 Å². The summed E-state index contributed by atoms with van der Waals surface area (Å²) in [7, 11) is 1.65. The van der Waals surface area contributed by atoms with Gasteiger partial charge in [-0.3, -0.25) is 15.0 Å². The van der Waals surface area contributed by atoms with E-state index in [0.717, 1.165) is 25.9 Å². The zero-order valence-electron chi connectivity index (χ0n) is 12.0. The van der Waals surface area contributed by atoms with Gasteiger partial charge in [0.1, 0.15) is 0 Å². The third-order valence-electron chi connectivity index (χ3n) is 3.87. The van der Waals surface area contributed by atoms with Gasteiger partial charge in [0, 0.05) is 35.8 Å². The first-order chi connectivity index (χ1) is 10.0. The molecule has 1 aliphatic rings. The monoisotopic (exact) mass is 357 g/mol. The number of nitrogens with zero attached hydrogens (tertiary/aromatic N) is 2. The Labute approximate surface area is 132 Å². The molecule has 2 N–H and O–H groups in total. The van der Waals surface area contributed by atoms with Crippen LogP contribution in [-0.4, -0.2) is 42.7 Å². The highest BCUT2D eigenvalue weighted by molar-refractivity contribution is 9.10. The molecule has 1 heterocycles. The number of nitro benzene ring substituents is 1.